The number of halogens is 1. The van der Waals surface area contributed by atoms with Gasteiger partial charge >= 0.3 is 0 Å². The Labute approximate surface area is 156 Å². The molecule has 0 radical (unpaired) electrons. The lowest BCUT2D eigenvalue weighted by atomic mass is 10.3. The fraction of sp³-hybridized carbons (Fsp3) is 0.250. The molecule has 0 aliphatic carbocycles. The number of furan rings is 1. The van der Waals surface area contributed by atoms with E-state index in [1.165, 1.54) is 0 Å². The molecule has 1 aromatic carbocycles. The van der Waals surface area contributed by atoms with Gasteiger partial charge < -0.3 is 15.5 Å². The van der Waals surface area contributed by atoms with Crippen LogP contribution in [0.2, 0.25) is 0 Å². The minimum Gasteiger partial charge on any atom is -0.457 e. The van der Waals surface area contributed by atoms with Crippen molar-refractivity contribution in [2.45, 2.75) is 19.9 Å². The number of benzene rings is 1. The van der Waals surface area contributed by atoms with Crippen molar-refractivity contribution in [3.8, 4) is 10.8 Å². The zero-order valence-electron chi connectivity index (χ0n) is 12.8. The molecule has 7 heteroatoms. The third-order valence-electron chi connectivity index (χ3n) is 3.13. The molecule has 3 rings (SSSR count). The summed E-state index contributed by atoms with van der Waals surface area (Å²) in [7, 11) is 0. The van der Waals surface area contributed by atoms with Crippen LogP contribution in [0, 0.1) is 0 Å². The van der Waals surface area contributed by atoms with Gasteiger partial charge in [-0.25, -0.2) is 9.98 Å². The van der Waals surface area contributed by atoms with E-state index in [9.17, 15) is 0 Å². The van der Waals surface area contributed by atoms with Crippen LogP contribution in [0.5, 0.6) is 0 Å². The molecule has 0 spiro atoms. The highest BCUT2D eigenvalue weighted by Crippen LogP contribution is 2.31. The summed E-state index contributed by atoms with van der Waals surface area (Å²) in [6, 6.07) is 11.9. The molecule has 122 valence electrons. The number of fused-ring (bicyclic) bond motifs is 1. The highest BCUT2D eigenvalue weighted by molar-refractivity contribution is 14.0. The molecule has 0 aliphatic heterocycles. The van der Waals surface area contributed by atoms with Crippen molar-refractivity contribution in [2.24, 2.45) is 10.7 Å². The van der Waals surface area contributed by atoms with Crippen LogP contribution < -0.4 is 11.1 Å². The maximum atomic E-state index is 5.81. The number of aliphatic imine (C=N–C) groups is 1. The van der Waals surface area contributed by atoms with Crippen LogP contribution in [0.15, 0.2) is 45.8 Å². The summed E-state index contributed by atoms with van der Waals surface area (Å²) in [6.45, 7) is 3.33. The van der Waals surface area contributed by atoms with Gasteiger partial charge in [-0.2, -0.15) is 0 Å². The Hall–Kier alpha value is -1.61. The first kappa shape index (κ1) is 17.7. The molecule has 0 saturated heterocycles. The van der Waals surface area contributed by atoms with Gasteiger partial charge in [-0.05, 0) is 30.7 Å². The van der Waals surface area contributed by atoms with Crippen molar-refractivity contribution < 1.29 is 4.42 Å². The molecule has 0 saturated carbocycles. The van der Waals surface area contributed by atoms with Gasteiger partial charge in [0.2, 0.25) is 0 Å². The van der Waals surface area contributed by atoms with E-state index in [1.54, 1.807) is 11.3 Å². The zero-order chi connectivity index (χ0) is 15.4. The molecule has 0 atom stereocenters. The van der Waals surface area contributed by atoms with E-state index in [2.05, 4.69) is 28.3 Å². The zero-order valence-corrected chi connectivity index (χ0v) is 15.9. The minimum atomic E-state index is 0. The Balaban J connectivity index is 0.00000192. The lowest BCUT2D eigenvalue weighted by Crippen LogP contribution is -2.32. The van der Waals surface area contributed by atoms with Gasteiger partial charge in [0.1, 0.15) is 12.3 Å². The van der Waals surface area contributed by atoms with Crippen LogP contribution in [-0.2, 0) is 6.54 Å². The molecule has 0 aliphatic rings. The summed E-state index contributed by atoms with van der Waals surface area (Å²) in [6.07, 6.45) is 1.01. The highest BCUT2D eigenvalue weighted by atomic mass is 127. The number of rotatable bonds is 5. The summed E-state index contributed by atoms with van der Waals surface area (Å²) >= 11 is 1.62. The summed E-state index contributed by atoms with van der Waals surface area (Å²) in [5.41, 5.74) is 6.76. The second-order valence-corrected chi connectivity index (χ2v) is 5.91. The molecule has 0 fully saturated rings. The Morgan fingerprint density at radius 2 is 2.13 bits per heavy atom. The number of hydrogen-bond acceptors (Lipinski definition) is 4. The van der Waals surface area contributed by atoms with E-state index < -0.39 is 0 Å². The summed E-state index contributed by atoms with van der Waals surface area (Å²) in [5.74, 6) is 1.99. The molecule has 0 amide bonds. The van der Waals surface area contributed by atoms with Crippen molar-refractivity contribution in [3.63, 3.8) is 0 Å². The molecular formula is C16H19IN4OS. The predicted octanol–water partition coefficient (Wildman–Crippen LogP) is 3.99. The van der Waals surface area contributed by atoms with Gasteiger partial charge in [-0.15, -0.1) is 35.3 Å². The Kier molecular flexibility index (Phi) is 6.40. The normalized spacial score (nSPS) is 11.4. The first-order valence-corrected chi connectivity index (χ1v) is 8.06. The lowest BCUT2D eigenvalue weighted by Gasteiger charge is -2.01. The number of para-hydroxylation sites is 1. The average molecular weight is 442 g/mol. The Morgan fingerprint density at radius 1 is 1.30 bits per heavy atom. The molecule has 0 bridgehead atoms. The molecule has 0 unspecified atom stereocenters. The Morgan fingerprint density at radius 3 is 2.91 bits per heavy atom. The van der Waals surface area contributed by atoms with E-state index in [0.29, 0.717) is 12.5 Å². The monoisotopic (exact) mass is 442 g/mol. The second kappa shape index (κ2) is 8.30. The van der Waals surface area contributed by atoms with Gasteiger partial charge in [0.15, 0.2) is 16.7 Å². The van der Waals surface area contributed by atoms with Crippen LogP contribution in [0.25, 0.3) is 21.0 Å². The van der Waals surface area contributed by atoms with Crippen LogP contribution in [0.4, 0.5) is 0 Å². The SMILES string of the molecule is CCCNC(N)=NCc1ccc(-c2nc3ccccc3s2)o1.I. The van der Waals surface area contributed by atoms with E-state index in [1.807, 2.05) is 30.3 Å². The molecule has 2 aromatic heterocycles. The average Bonchev–Trinajstić information content (AvgIpc) is 3.16. The van der Waals surface area contributed by atoms with Crippen molar-refractivity contribution >= 4 is 51.5 Å². The number of hydrogen-bond donors (Lipinski definition) is 2. The third kappa shape index (κ3) is 4.44. The van der Waals surface area contributed by atoms with Crippen LogP contribution >= 0.6 is 35.3 Å². The lowest BCUT2D eigenvalue weighted by molar-refractivity contribution is 0.525. The maximum absolute atomic E-state index is 5.81. The number of thiazole rings is 1. The predicted molar refractivity (Wildman–Crippen MR) is 106 cm³/mol. The quantitative estimate of drug-likeness (QED) is 0.356. The fourth-order valence-corrected chi connectivity index (χ4v) is 2.95. The van der Waals surface area contributed by atoms with Crippen LogP contribution in [-0.4, -0.2) is 17.5 Å². The molecule has 2 heterocycles. The maximum Gasteiger partial charge on any atom is 0.189 e. The number of aromatic nitrogens is 1. The van der Waals surface area contributed by atoms with Crippen molar-refractivity contribution in [1.29, 1.82) is 0 Å². The van der Waals surface area contributed by atoms with E-state index >= 15 is 0 Å². The van der Waals surface area contributed by atoms with Gasteiger partial charge in [0.05, 0.1) is 10.2 Å². The second-order valence-electron chi connectivity index (χ2n) is 4.88. The van der Waals surface area contributed by atoms with Crippen LogP contribution in [0.3, 0.4) is 0 Å². The van der Waals surface area contributed by atoms with Gasteiger partial charge in [-0.3, -0.25) is 0 Å². The van der Waals surface area contributed by atoms with Crippen molar-refractivity contribution in [3.05, 3.63) is 42.2 Å². The van der Waals surface area contributed by atoms with Crippen LogP contribution in [0.1, 0.15) is 19.1 Å². The molecule has 23 heavy (non-hydrogen) atoms. The molecule has 3 aromatic rings. The fourth-order valence-electron chi connectivity index (χ4n) is 2.03. The highest BCUT2D eigenvalue weighted by Gasteiger charge is 2.10. The Bertz CT molecular complexity index is 763. The first-order valence-electron chi connectivity index (χ1n) is 7.24. The number of nitrogens with zero attached hydrogens (tertiary/aromatic N) is 2. The number of nitrogens with one attached hydrogen (secondary N) is 1. The standard InChI is InChI=1S/C16H18N4OS.HI/c1-2-9-18-16(17)19-10-11-7-8-13(21-11)15-20-12-5-3-4-6-14(12)22-15;/h3-8H,2,9-10H2,1H3,(H3,17,18,19);1H. The van der Waals surface area contributed by atoms with E-state index in [0.717, 1.165) is 39.7 Å². The number of nitrogens with two attached hydrogens (primary N) is 1. The summed E-state index contributed by atoms with van der Waals surface area (Å²) in [5, 5.41) is 3.92. The molecular weight excluding hydrogens is 423 g/mol. The van der Waals surface area contributed by atoms with E-state index in [-0.39, 0.29) is 24.0 Å². The molecule has 5 nitrogen and oxygen atoms in total. The van der Waals surface area contributed by atoms with E-state index in [4.69, 9.17) is 10.2 Å². The first-order chi connectivity index (χ1) is 10.8. The minimum absolute atomic E-state index is 0. The third-order valence-corrected chi connectivity index (χ3v) is 4.18. The summed E-state index contributed by atoms with van der Waals surface area (Å²) in [4.78, 5) is 8.84. The van der Waals surface area contributed by atoms with Gasteiger partial charge in [0.25, 0.3) is 0 Å². The number of guanidine groups is 1. The van der Waals surface area contributed by atoms with Crippen molar-refractivity contribution in [1.82, 2.24) is 10.3 Å². The topological polar surface area (TPSA) is 76.4 Å². The van der Waals surface area contributed by atoms with Crippen molar-refractivity contribution in [2.75, 3.05) is 6.54 Å². The summed E-state index contributed by atoms with van der Waals surface area (Å²) < 4.78 is 6.97. The molecule has 3 N–H and O–H groups in total. The smallest absolute Gasteiger partial charge is 0.189 e. The largest absolute Gasteiger partial charge is 0.457 e. The van der Waals surface area contributed by atoms with Gasteiger partial charge in [0, 0.05) is 6.54 Å². The van der Waals surface area contributed by atoms with Gasteiger partial charge in [-0.1, -0.05) is 19.1 Å².